The summed E-state index contributed by atoms with van der Waals surface area (Å²) in [5.74, 6) is 0.427. The van der Waals surface area contributed by atoms with Crippen LogP contribution in [0.25, 0.3) is 0 Å². The molecule has 0 aliphatic carbocycles. The Bertz CT molecular complexity index is 504. The third kappa shape index (κ3) is 3.21. The summed E-state index contributed by atoms with van der Waals surface area (Å²) in [6, 6.07) is 5.30. The topological polar surface area (TPSA) is 62.5 Å². The number of carbonyl (C=O) groups is 1. The number of amides is 1. The Morgan fingerprint density at radius 2 is 2.44 bits per heavy atom. The van der Waals surface area contributed by atoms with Crippen LogP contribution in [0.2, 0.25) is 0 Å². The lowest BCUT2D eigenvalue weighted by molar-refractivity contribution is 0.0940. The van der Waals surface area contributed by atoms with Crippen LogP contribution in [0.5, 0.6) is 0 Å². The molecule has 96 valence electrons. The maximum atomic E-state index is 11.7. The molecule has 0 aliphatic heterocycles. The zero-order chi connectivity index (χ0) is 13.0. The van der Waals surface area contributed by atoms with Crippen molar-refractivity contribution in [2.24, 2.45) is 0 Å². The molecule has 0 bridgehead atoms. The Labute approximate surface area is 109 Å². The highest BCUT2D eigenvalue weighted by molar-refractivity contribution is 7.12. The second kappa shape index (κ2) is 5.84. The average Bonchev–Trinajstić information content (AvgIpc) is 2.99. The van der Waals surface area contributed by atoms with E-state index in [1.165, 1.54) is 17.6 Å². The third-order valence-corrected chi connectivity index (χ3v) is 3.58. The number of hydrogen-bond acceptors (Lipinski definition) is 4. The Morgan fingerprint density at radius 3 is 3.06 bits per heavy atom. The van der Waals surface area contributed by atoms with Crippen molar-refractivity contribution in [2.45, 2.75) is 19.4 Å². The van der Waals surface area contributed by atoms with Crippen LogP contribution in [0, 0.1) is 6.92 Å². The quantitative estimate of drug-likeness (QED) is 0.873. The number of nitrogens with one attached hydrogen (secondary N) is 1. The van der Waals surface area contributed by atoms with Crippen molar-refractivity contribution >= 4 is 17.2 Å². The summed E-state index contributed by atoms with van der Waals surface area (Å²) in [7, 11) is 0. The van der Waals surface area contributed by atoms with Crippen LogP contribution in [0.3, 0.4) is 0 Å². The molecule has 2 aromatic rings. The summed E-state index contributed by atoms with van der Waals surface area (Å²) in [6.07, 6.45) is 1.28. The predicted molar refractivity (Wildman–Crippen MR) is 69.7 cm³/mol. The van der Waals surface area contributed by atoms with Crippen molar-refractivity contribution in [2.75, 3.05) is 6.54 Å². The van der Waals surface area contributed by atoms with E-state index in [0.29, 0.717) is 23.6 Å². The van der Waals surface area contributed by atoms with E-state index in [-0.39, 0.29) is 5.91 Å². The number of rotatable bonds is 5. The first-order chi connectivity index (χ1) is 8.66. The van der Waals surface area contributed by atoms with Gasteiger partial charge in [-0.2, -0.15) is 0 Å². The molecule has 0 unspecified atom stereocenters. The molecule has 1 atom stereocenters. The first kappa shape index (κ1) is 12.9. The summed E-state index contributed by atoms with van der Waals surface area (Å²) >= 11 is 1.42. The summed E-state index contributed by atoms with van der Waals surface area (Å²) in [5, 5.41) is 14.5. The van der Waals surface area contributed by atoms with E-state index < -0.39 is 6.10 Å². The fourth-order valence-corrected chi connectivity index (χ4v) is 2.40. The molecule has 2 N–H and O–H groups in total. The lowest BCUT2D eigenvalue weighted by Crippen LogP contribution is -2.24. The number of aliphatic hydroxyl groups is 1. The predicted octanol–water partition coefficient (Wildman–Crippen LogP) is 2.50. The second-order valence-electron chi connectivity index (χ2n) is 4.06. The van der Waals surface area contributed by atoms with Gasteiger partial charge in [0.2, 0.25) is 0 Å². The van der Waals surface area contributed by atoms with E-state index in [2.05, 4.69) is 5.32 Å². The molecule has 0 radical (unpaired) electrons. The highest BCUT2D eigenvalue weighted by atomic mass is 32.1. The molecule has 0 saturated carbocycles. The van der Waals surface area contributed by atoms with Crippen molar-refractivity contribution in [3.05, 3.63) is 46.0 Å². The molecule has 0 aliphatic rings. The number of aryl methyl sites for hydroxylation is 1. The van der Waals surface area contributed by atoms with Crippen molar-refractivity contribution in [1.82, 2.24) is 5.32 Å². The first-order valence-corrected chi connectivity index (χ1v) is 6.59. The van der Waals surface area contributed by atoms with Crippen LogP contribution in [-0.2, 0) is 0 Å². The van der Waals surface area contributed by atoms with Gasteiger partial charge in [0.05, 0.1) is 11.1 Å². The van der Waals surface area contributed by atoms with E-state index >= 15 is 0 Å². The van der Waals surface area contributed by atoms with Gasteiger partial charge in [-0.15, -0.1) is 11.3 Å². The minimum Gasteiger partial charge on any atom is -0.467 e. The van der Waals surface area contributed by atoms with Gasteiger partial charge in [0.15, 0.2) is 0 Å². The summed E-state index contributed by atoms with van der Waals surface area (Å²) in [5.41, 5.74) is 1.08. The van der Waals surface area contributed by atoms with E-state index in [1.807, 2.05) is 18.4 Å². The van der Waals surface area contributed by atoms with Gasteiger partial charge in [-0.05, 0) is 42.5 Å². The number of thiophene rings is 1. The Morgan fingerprint density at radius 1 is 1.61 bits per heavy atom. The van der Waals surface area contributed by atoms with E-state index in [4.69, 9.17) is 4.42 Å². The number of hydrogen-bond donors (Lipinski definition) is 2. The van der Waals surface area contributed by atoms with Gasteiger partial charge in [-0.1, -0.05) is 0 Å². The highest BCUT2D eigenvalue weighted by Gasteiger charge is 2.12. The molecule has 2 heterocycles. The van der Waals surface area contributed by atoms with Gasteiger partial charge in [0.1, 0.15) is 11.9 Å². The van der Waals surface area contributed by atoms with E-state index in [1.54, 1.807) is 12.1 Å². The smallest absolute Gasteiger partial charge is 0.261 e. The van der Waals surface area contributed by atoms with Crippen molar-refractivity contribution < 1.29 is 14.3 Å². The molecule has 18 heavy (non-hydrogen) atoms. The molecule has 4 nitrogen and oxygen atoms in total. The largest absolute Gasteiger partial charge is 0.467 e. The zero-order valence-corrected chi connectivity index (χ0v) is 10.9. The lowest BCUT2D eigenvalue weighted by Gasteiger charge is -2.08. The Hall–Kier alpha value is -1.59. The minimum atomic E-state index is -0.676. The molecule has 1 amide bonds. The van der Waals surface area contributed by atoms with Crippen LogP contribution < -0.4 is 5.32 Å². The van der Waals surface area contributed by atoms with Crippen LogP contribution in [0.4, 0.5) is 0 Å². The molecule has 5 heteroatoms. The normalized spacial score (nSPS) is 12.3. The van der Waals surface area contributed by atoms with Crippen LogP contribution >= 0.6 is 11.3 Å². The van der Waals surface area contributed by atoms with Gasteiger partial charge in [0.25, 0.3) is 5.91 Å². The number of aliphatic hydroxyl groups excluding tert-OH is 1. The van der Waals surface area contributed by atoms with E-state index in [9.17, 15) is 9.90 Å². The van der Waals surface area contributed by atoms with Crippen molar-refractivity contribution in [3.8, 4) is 0 Å². The summed E-state index contributed by atoms with van der Waals surface area (Å²) in [4.78, 5) is 12.4. The number of carbonyl (C=O) groups excluding carboxylic acids is 1. The molecule has 0 spiro atoms. The Balaban J connectivity index is 1.77. The first-order valence-electron chi connectivity index (χ1n) is 5.71. The molecule has 0 aromatic carbocycles. The fourth-order valence-electron chi connectivity index (χ4n) is 1.58. The van der Waals surface area contributed by atoms with Gasteiger partial charge in [-0.25, -0.2) is 0 Å². The molecular weight excluding hydrogens is 250 g/mol. The molecule has 2 aromatic heterocycles. The van der Waals surface area contributed by atoms with Gasteiger partial charge >= 0.3 is 0 Å². The molecule has 0 saturated heterocycles. The molecule has 0 fully saturated rings. The highest BCUT2D eigenvalue weighted by Crippen LogP contribution is 2.16. The van der Waals surface area contributed by atoms with E-state index in [0.717, 1.165) is 5.56 Å². The third-order valence-electron chi connectivity index (χ3n) is 2.53. The van der Waals surface area contributed by atoms with Crippen LogP contribution in [0.15, 0.2) is 34.3 Å². The summed E-state index contributed by atoms with van der Waals surface area (Å²) < 4.78 is 5.08. The van der Waals surface area contributed by atoms with Crippen molar-refractivity contribution in [3.63, 3.8) is 0 Å². The number of furan rings is 1. The fraction of sp³-hybridized carbons (Fsp3) is 0.308. The molecular formula is C13H15NO3S. The minimum absolute atomic E-state index is 0.0975. The van der Waals surface area contributed by atoms with Crippen LogP contribution in [-0.4, -0.2) is 17.6 Å². The maximum absolute atomic E-state index is 11.7. The molecule has 2 rings (SSSR count). The van der Waals surface area contributed by atoms with Gasteiger partial charge < -0.3 is 14.8 Å². The van der Waals surface area contributed by atoms with Crippen LogP contribution in [0.1, 0.15) is 33.5 Å². The summed E-state index contributed by atoms with van der Waals surface area (Å²) in [6.45, 7) is 2.37. The Kier molecular flexibility index (Phi) is 4.17. The maximum Gasteiger partial charge on any atom is 0.261 e. The standard InChI is InChI=1S/C13H15NO3S/c1-9-7-12(18-8-9)13(16)14-5-4-10(15)11-3-2-6-17-11/h2-3,6-8,10,15H,4-5H2,1H3,(H,14,16)/t10-/m1/s1. The zero-order valence-electron chi connectivity index (χ0n) is 10.1. The lowest BCUT2D eigenvalue weighted by atomic mass is 10.2. The van der Waals surface area contributed by atoms with Gasteiger partial charge in [0, 0.05) is 6.54 Å². The average molecular weight is 265 g/mol. The monoisotopic (exact) mass is 265 g/mol. The van der Waals surface area contributed by atoms with Gasteiger partial charge in [-0.3, -0.25) is 4.79 Å². The SMILES string of the molecule is Cc1csc(C(=O)NCC[C@@H](O)c2ccco2)c1. The second-order valence-corrected chi connectivity index (χ2v) is 4.98. The van der Waals surface area contributed by atoms with Crippen molar-refractivity contribution in [1.29, 1.82) is 0 Å².